The van der Waals surface area contributed by atoms with Crippen molar-refractivity contribution < 1.29 is 4.79 Å². The monoisotopic (exact) mass is 279 g/mol. The summed E-state index contributed by atoms with van der Waals surface area (Å²) in [7, 11) is 1.77. The van der Waals surface area contributed by atoms with Crippen LogP contribution in [0.5, 0.6) is 0 Å². The normalized spacial score (nSPS) is 10.8. The Morgan fingerprint density at radius 1 is 1.10 bits per heavy atom. The molecule has 3 N–H and O–H groups in total. The number of fused-ring (bicyclic) bond motifs is 1. The van der Waals surface area contributed by atoms with Crippen molar-refractivity contribution in [1.29, 1.82) is 0 Å². The molecule has 1 aromatic heterocycles. The Kier molecular flexibility index (Phi) is 3.14. The molecule has 3 rings (SSSR count). The van der Waals surface area contributed by atoms with Crippen molar-refractivity contribution in [2.24, 2.45) is 0 Å². The van der Waals surface area contributed by atoms with Crippen LogP contribution >= 0.6 is 0 Å². The number of aromatic nitrogens is 1. The van der Waals surface area contributed by atoms with Gasteiger partial charge in [-0.15, -0.1) is 0 Å². The summed E-state index contributed by atoms with van der Waals surface area (Å²) in [6.07, 6.45) is 0. The third-order valence-corrected chi connectivity index (χ3v) is 3.60. The third kappa shape index (κ3) is 2.48. The first kappa shape index (κ1) is 13.2. The van der Waals surface area contributed by atoms with E-state index in [-0.39, 0.29) is 5.91 Å². The second kappa shape index (κ2) is 4.98. The fourth-order valence-corrected chi connectivity index (χ4v) is 2.33. The lowest BCUT2D eigenvalue weighted by Gasteiger charge is -2.16. The lowest BCUT2D eigenvalue weighted by atomic mass is 10.2. The molecule has 106 valence electrons. The molecule has 0 aliphatic rings. The van der Waals surface area contributed by atoms with Crippen LogP contribution in [0.3, 0.4) is 0 Å². The Balaban J connectivity index is 1.94. The van der Waals surface area contributed by atoms with Crippen LogP contribution in [0, 0.1) is 6.92 Å². The highest BCUT2D eigenvalue weighted by Crippen LogP contribution is 2.21. The van der Waals surface area contributed by atoms with Crippen LogP contribution in [0.2, 0.25) is 0 Å². The molecule has 0 saturated carbocycles. The number of nitrogens with two attached hydrogens (primary N) is 1. The van der Waals surface area contributed by atoms with Crippen molar-refractivity contribution in [3.63, 3.8) is 0 Å². The Labute approximate surface area is 123 Å². The highest BCUT2D eigenvalue weighted by atomic mass is 16.2. The molecule has 0 spiro atoms. The number of anilines is 2. The number of carbonyl (C=O) groups is 1. The van der Waals surface area contributed by atoms with E-state index in [1.807, 2.05) is 55.5 Å². The number of hydrogen-bond donors (Lipinski definition) is 2. The first-order valence-electron chi connectivity index (χ1n) is 6.77. The van der Waals surface area contributed by atoms with Gasteiger partial charge in [-0.25, -0.2) is 0 Å². The van der Waals surface area contributed by atoms with E-state index >= 15 is 0 Å². The average Bonchev–Trinajstić information content (AvgIpc) is 2.89. The summed E-state index contributed by atoms with van der Waals surface area (Å²) in [5.74, 6) is -0.0753. The van der Waals surface area contributed by atoms with Crippen molar-refractivity contribution in [1.82, 2.24) is 4.98 Å². The van der Waals surface area contributed by atoms with Crippen LogP contribution in [0.4, 0.5) is 11.4 Å². The summed E-state index contributed by atoms with van der Waals surface area (Å²) < 4.78 is 0. The molecule has 1 heterocycles. The second-order valence-electron chi connectivity index (χ2n) is 5.23. The summed E-state index contributed by atoms with van der Waals surface area (Å²) in [5.41, 5.74) is 9.95. The van der Waals surface area contributed by atoms with E-state index in [1.54, 1.807) is 11.9 Å². The topological polar surface area (TPSA) is 62.1 Å². The van der Waals surface area contributed by atoms with Gasteiger partial charge in [-0.1, -0.05) is 17.7 Å². The maximum Gasteiger partial charge on any atom is 0.274 e. The number of benzene rings is 2. The summed E-state index contributed by atoms with van der Waals surface area (Å²) >= 11 is 0. The average molecular weight is 279 g/mol. The molecule has 21 heavy (non-hydrogen) atoms. The second-order valence-corrected chi connectivity index (χ2v) is 5.23. The van der Waals surface area contributed by atoms with Gasteiger partial charge in [-0.2, -0.15) is 0 Å². The summed E-state index contributed by atoms with van der Waals surface area (Å²) in [6.45, 7) is 2.02. The summed E-state index contributed by atoms with van der Waals surface area (Å²) in [6, 6.07) is 15.2. The van der Waals surface area contributed by atoms with Crippen molar-refractivity contribution in [3.05, 3.63) is 59.8 Å². The van der Waals surface area contributed by atoms with E-state index in [4.69, 9.17) is 5.73 Å². The van der Waals surface area contributed by atoms with Gasteiger partial charge < -0.3 is 15.6 Å². The predicted octanol–water partition coefficient (Wildman–Crippen LogP) is 3.34. The summed E-state index contributed by atoms with van der Waals surface area (Å²) in [5, 5.41) is 0.940. The van der Waals surface area contributed by atoms with E-state index in [1.165, 1.54) is 5.56 Å². The summed E-state index contributed by atoms with van der Waals surface area (Å²) in [4.78, 5) is 17.3. The molecule has 0 bridgehead atoms. The maximum absolute atomic E-state index is 12.5. The number of hydrogen-bond acceptors (Lipinski definition) is 2. The molecule has 0 atom stereocenters. The zero-order chi connectivity index (χ0) is 15.0. The lowest BCUT2D eigenvalue weighted by Crippen LogP contribution is -2.26. The molecule has 1 amide bonds. The van der Waals surface area contributed by atoms with Crippen molar-refractivity contribution in [3.8, 4) is 0 Å². The van der Waals surface area contributed by atoms with E-state index in [2.05, 4.69) is 4.98 Å². The number of aryl methyl sites for hydroxylation is 1. The van der Waals surface area contributed by atoms with Gasteiger partial charge in [0.25, 0.3) is 5.91 Å². The quantitative estimate of drug-likeness (QED) is 0.707. The first-order valence-corrected chi connectivity index (χ1v) is 6.77. The molecular formula is C17H17N3O. The molecule has 0 saturated heterocycles. The molecule has 3 aromatic rings. The van der Waals surface area contributed by atoms with Gasteiger partial charge in [0.1, 0.15) is 5.69 Å². The molecule has 0 fully saturated rings. The maximum atomic E-state index is 12.5. The molecule has 0 aliphatic heterocycles. The Morgan fingerprint density at radius 3 is 2.52 bits per heavy atom. The number of nitrogens with zero attached hydrogens (tertiary/aromatic N) is 1. The largest absolute Gasteiger partial charge is 0.399 e. The fourth-order valence-electron chi connectivity index (χ4n) is 2.33. The highest BCUT2D eigenvalue weighted by Gasteiger charge is 2.15. The van der Waals surface area contributed by atoms with Gasteiger partial charge >= 0.3 is 0 Å². The molecule has 4 heteroatoms. The smallest absolute Gasteiger partial charge is 0.274 e. The van der Waals surface area contributed by atoms with E-state index < -0.39 is 0 Å². The zero-order valence-corrected chi connectivity index (χ0v) is 12.1. The van der Waals surface area contributed by atoms with Crippen LogP contribution in [0.25, 0.3) is 10.9 Å². The fraction of sp³-hybridized carbons (Fsp3) is 0.118. The Bertz CT molecular complexity index is 803. The first-order chi connectivity index (χ1) is 10.0. The SMILES string of the molecule is Cc1ccc(N(C)C(=O)c2cc3cc(N)ccc3[nH]2)cc1. The third-order valence-electron chi connectivity index (χ3n) is 3.60. The molecule has 2 aromatic carbocycles. The zero-order valence-electron chi connectivity index (χ0n) is 12.1. The van der Waals surface area contributed by atoms with Gasteiger partial charge in [0, 0.05) is 29.3 Å². The van der Waals surface area contributed by atoms with Gasteiger partial charge in [-0.05, 0) is 43.3 Å². The van der Waals surface area contributed by atoms with Gasteiger partial charge in [-0.3, -0.25) is 4.79 Å². The number of nitrogens with one attached hydrogen (secondary N) is 1. The molecule has 0 radical (unpaired) electrons. The number of rotatable bonds is 2. The number of aromatic amines is 1. The number of H-pyrrole nitrogens is 1. The Hall–Kier alpha value is -2.75. The van der Waals surface area contributed by atoms with Crippen LogP contribution in [0.1, 0.15) is 16.1 Å². The van der Waals surface area contributed by atoms with Gasteiger partial charge in [0.05, 0.1) is 0 Å². The molecule has 0 aliphatic carbocycles. The van der Waals surface area contributed by atoms with Crippen LogP contribution in [0.15, 0.2) is 48.5 Å². The van der Waals surface area contributed by atoms with Gasteiger partial charge in [0.15, 0.2) is 0 Å². The van der Waals surface area contributed by atoms with Gasteiger partial charge in [0.2, 0.25) is 0 Å². The lowest BCUT2D eigenvalue weighted by molar-refractivity contribution is 0.0989. The minimum Gasteiger partial charge on any atom is -0.399 e. The van der Waals surface area contributed by atoms with Crippen molar-refractivity contribution in [2.75, 3.05) is 17.7 Å². The highest BCUT2D eigenvalue weighted by molar-refractivity contribution is 6.07. The van der Waals surface area contributed by atoms with E-state index in [0.717, 1.165) is 16.6 Å². The van der Waals surface area contributed by atoms with Crippen LogP contribution in [-0.2, 0) is 0 Å². The minimum absolute atomic E-state index is 0.0753. The molecule has 0 unspecified atom stereocenters. The van der Waals surface area contributed by atoms with Crippen LogP contribution in [-0.4, -0.2) is 17.9 Å². The standard InChI is InChI=1S/C17H17N3O/c1-11-3-6-14(7-4-11)20(2)17(21)16-10-12-9-13(18)5-8-15(12)19-16/h3-10,19H,18H2,1-2H3. The molecular weight excluding hydrogens is 262 g/mol. The van der Waals surface area contributed by atoms with E-state index in [0.29, 0.717) is 11.4 Å². The molecule has 4 nitrogen and oxygen atoms in total. The van der Waals surface area contributed by atoms with Crippen molar-refractivity contribution >= 4 is 28.2 Å². The van der Waals surface area contributed by atoms with E-state index in [9.17, 15) is 4.79 Å². The predicted molar refractivity (Wildman–Crippen MR) is 86.6 cm³/mol. The number of nitrogen functional groups attached to an aromatic ring is 1. The number of carbonyl (C=O) groups excluding carboxylic acids is 1. The minimum atomic E-state index is -0.0753. The van der Waals surface area contributed by atoms with Crippen LogP contribution < -0.4 is 10.6 Å². The Morgan fingerprint density at radius 2 is 1.81 bits per heavy atom. The number of amides is 1. The van der Waals surface area contributed by atoms with Crippen molar-refractivity contribution in [2.45, 2.75) is 6.92 Å².